The molecular formula is C18H12ClN3O2S. The lowest BCUT2D eigenvalue weighted by atomic mass is 10.2. The van der Waals surface area contributed by atoms with Crippen molar-refractivity contribution >= 4 is 23.4 Å². The first-order valence-corrected chi connectivity index (χ1v) is 8.87. The van der Waals surface area contributed by atoms with E-state index in [0.29, 0.717) is 33.5 Å². The molecule has 0 radical (unpaired) electrons. The zero-order chi connectivity index (χ0) is 17.1. The summed E-state index contributed by atoms with van der Waals surface area (Å²) in [5.74, 6) is 2.29. The van der Waals surface area contributed by atoms with Gasteiger partial charge in [0.05, 0.1) is 11.9 Å². The van der Waals surface area contributed by atoms with Gasteiger partial charge in [-0.1, -0.05) is 41.6 Å². The summed E-state index contributed by atoms with van der Waals surface area (Å²) in [7, 11) is 0. The van der Waals surface area contributed by atoms with Crippen molar-refractivity contribution in [2.75, 3.05) is 0 Å². The van der Waals surface area contributed by atoms with E-state index in [1.54, 1.807) is 6.20 Å². The molecule has 5 nitrogen and oxygen atoms in total. The number of oxazole rings is 1. The minimum Gasteiger partial charge on any atom is -0.440 e. The fraction of sp³-hybridized carbons (Fsp3) is 0.0556. The summed E-state index contributed by atoms with van der Waals surface area (Å²) < 4.78 is 11.4. The Morgan fingerprint density at radius 2 is 1.68 bits per heavy atom. The van der Waals surface area contributed by atoms with Crippen LogP contribution in [0.3, 0.4) is 0 Å². The molecule has 0 bridgehead atoms. The number of benzene rings is 2. The summed E-state index contributed by atoms with van der Waals surface area (Å²) in [6, 6.07) is 17.1. The van der Waals surface area contributed by atoms with E-state index in [0.717, 1.165) is 11.1 Å². The van der Waals surface area contributed by atoms with Gasteiger partial charge in [0.1, 0.15) is 0 Å². The lowest BCUT2D eigenvalue weighted by Crippen LogP contribution is -1.79. The van der Waals surface area contributed by atoms with Crippen LogP contribution in [0, 0.1) is 0 Å². The van der Waals surface area contributed by atoms with Gasteiger partial charge in [0.25, 0.3) is 5.22 Å². The Morgan fingerprint density at radius 1 is 0.880 bits per heavy atom. The highest BCUT2D eigenvalue weighted by molar-refractivity contribution is 7.98. The monoisotopic (exact) mass is 369 g/mol. The van der Waals surface area contributed by atoms with E-state index in [9.17, 15) is 0 Å². The Bertz CT molecular complexity index is 967. The minimum atomic E-state index is 0.477. The predicted octanol–water partition coefficient (Wildman–Crippen LogP) is 5.34. The standard InChI is InChI=1S/C18H12ClN3O2S/c19-14-8-6-12(7-9-14)15-10-20-16(23-15)11-25-18-22-21-17(24-18)13-4-2-1-3-5-13/h1-10H,11H2. The molecule has 2 heterocycles. The fourth-order valence-electron chi connectivity index (χ4n) is 2.21. The minimum absolute atomic E-state index is 0.477. The molecular weight excluding hydrogens is 358 g/mol. The van der Waals surface area contributed by atoms with Crippen molar-refractivity contribution in [3.8, 4) is 22.8 Å². The van der Waals surface area contributed by atoms with Crippen LogP contribution in [0.15, 0.2) is 74.9 Å². The molecule has 25 heavy (non-hydrogen) atoms. The van der Waals surface area contributed by atoms with Crippen molar-refractivity contribution in [3.05, 3.63) is 71.7 Å². The van der Waals surface area contributed by atoms with E-state index in [4.69, 9.17) is 20.4 Å². The second-order valence-electron chi connectivity index (χ2n) is 5.15. The number of aromatic nitrogens is 3. The normalized spacial score (nSPS) is 10.9. The Kier molecular flexibility index (Phi) is 4.54. The summed E-state index contributed by atoms with van der Waals surface area (Å²) in [5.41, 5.74) is 1.82. The SMILES string of the molecule is Clc1ccc(-c2cnc(CSc3nnc(-c4ccccc4)o3)o2)cc1. The molecule has 0 aliphatic rings. The Hall–Kier alpha value is -2.57. The quantitative estimate of drug-likeness (QED) is 0.442. The lowest BCUT2D eigenvalue weighted by Gasteiger charge is -1.96. The molecule has 0 amide bonds. The van der Waals surface area contributed by atoms with Gasteiger partial charge in [0, 0.05) is 16.1 Å². The summed E-state index contributed by atoms with van der Waals surface area (Å²) in [4.78, 5) is 4.28. The summed E-state index contributed by atoms with van der Waals surface area (Å²) in [5, 5.41) is 9.27. The average Bonchev–Trinajstić information content (AvgIpc) is 3.31. The Morgan fingerprint density at radius 3 is 2.48 bits per heavy atom. The molecule has 0 saturated heterocycles. The average molecular weight is 370 g/mol. The molecule has 0 aliphatic carbocycles. The van der Waals surface area contributed by atoms with Gasteiger partial charge in [-0.15, -0.1) is 10.2 Å². The molecule has 0 aliphatic heterocycles. The highest BCUT2D eigenvalue weighted by atomic mass is 35.5. The third kappa shape index (κ3) is 3.75. The van der Waals surface area contributed by atoms with Gasteiger partial charge in [-0.05, 0) is 36.4 Å². The molecule has 7 heteroatoms. The van der Waals surface area contributed by atoms with Crippen LogP contribution in [-0.4, -0.2) is 15.2 Å². The van der Waals surface area contributed by atoms with Crippen molar-refractivity contribution in [1.82, 2.24) is 15.2 Å². The van der Waals surface area contributed by atoms with Crippen LogP contribution in [0.5, 0.6) is 0 Å². The first kappa shape index (κ1) is 15.9. The molecule has 4 aromatic rings. The number of rotatable bonds is 5. The van der Waals surface area contributed by atoms with Crippen molar-refractivity contribution in [2.45, 2.75) is 11.0 Å². The lowest BCUT2D eigenvalue weighted by molar-refractivity contribution is 0.464. The summed E-state index contributed by atoms with van der Waals surface area (Å²) in [6.45, 7) is 0. The smallest absolute Gasteiger partial charge is 0.277 e. The van der Waals surface area contributed by atoms with E-state index < -0.39 is 0 Å². The predicted molar refractivity (Wildman–Crippen MR) is 96.2 cm³/mol. The number of nitrogens with zero attached hydrogens (tertiary/aromatic N) is 3. The third-order valence-corrected chi connectivity index (χ3v) is 4.48. The molecule has 0 N–H and O–H groups in total. The maximum Gasteiger partial charge on any atom is 0.277 e. The van der Waals surface area contributed by atoms with Crippen LogP contribution in [0.1, 0.15) is 5.89 Å². The molecule has 0 fully saturated rings. The zero-order valence-corrected chi connectivity index (χ0v) is 14.5. The van der Waals surface area contributed by atoms with Gasteiger partial charge in [-0.25, -0.2) is 4.98 Å². The van der Waals surface area contributed by atoms with Gasteiger partial charge in [0.2, 0.25) is 11.8 Å². The maximum atomic E-state index is 5.90. The van der Waals surface area contributed by atoms with E-state index in [-0.39, 0.29) is 0 Å². The van der Waals surface area contributed by atoms with Crippen LogP contribution in [-0.2, 0) is 5.75 Å². The van der Waals surface area contributed by atoms with E-state index in [1.807, 2.05) is 54.6 Å². The van der Waals surface area contributed by atoms with Gasteiger partial charge in [0.15, 0.2) is 5.76 Å². The van der Waals surface area contributed by atoms with Gasteiger partial charge in [-0.2, -0.15) is 0 Å². The molecule has 0 atom stereocenters. The highest BCUT2D eigenvalue weighted by Gasteiger charge is 2.11. The fourth-order valence-corrected chi connectivity index (χ4v) is 2.96. The van der Waals surface area contributed by atoms with Crippen LogP contribution >= 0.6 is 23.4 Å². The van der Waals surface area contributed by atoms with Crippen LogP contribution < -0.4 is 0 Å². The molecule has 4 rings (SSSR count). The van der Waals surface area contributed by atoms with Crippen LogP contribution in [0.4, 0.5) is 0 Å². The number of thioether (sulfide) groups is 1. The van der Waals surface area contributed by atoms with Gasteiger partial charge < -0.3 is 8.83 Å². The van der Waals surface area contributed by atoms with Crippen LogP contribution in [0.25, 0.3) is 22.8 Å². The molecule has 2 aromatic heterocycles. The van der Waals surface area contributed by atoms with Crippen LogP contribution in [0.2, 0.25) is 5.02 Å². The van der Waals surface area contributed by atoms with E-state index in [1.165, 1.54) is 11.8 Å². The van der Waals surface area contributed by atoms with Gasteiger partial charge >= 0.3 is 0 Å². The van der Waals surface area contributed by atoms with Crippen molar-refractivity contribution < 1.29 is 8.83 Å². The van der Waals surface area contributed by atoms with Gasteiger partial charge in [-0.3, -0.25) is 0 Å². The number of hydrogen-bond acceptors (Lipinski definition) is 6. The molecule has 0 spiro atoms. The first-order valence-electron chi connectivity index (χ1n) is 7.50. The topological polar surface area (TPSA) is 65.0 Å². The van der Waals surface area contributed by atoms with E-state index >= 15 is 0 Å². The number of halogens is 1. The summed E-state index contributed by atoms with van der Waals surface area (Å²) >= 11 is 7.28. The van der Waals surface area contributed by atoms with E-state index in [2.05, 4.69) is 15.2 Å². The maximum absolute atomic E-state index is 5.90. The first-order chi connectivity index (χ1) is 12.3. The molecule has 0 saturated carbocycles. The Labute approximate surface area is 153 Å². The summed E-state index contributed by atoms with van der Waals surface area (Å²) in [6.07, 6.45) is 1.70. The second kappa shape index (κ2) is 7.13. The second-order valence-corrected chi connectivity index (χ2v) is 6.52. The van der Waals surface area contributed by atoms with Crippen molar-refractivity contribution in [3.63, 3.8) is 0 Å². The van der Waals surface area contributed by atoms with Crippen molar-refractivity contribution in [1.29, 1.82) is 0 Å². The Balaban J connectivity index is 1.42. The van der Waals surface area contributed by atoms with Crippen molar-refractivity contribution in [2.24, 2.45) is 0 Å². The molecule has 0 unspecified atom stereocenters. The largest absolute Gasteiger partial charge is 0.440 e. The third-order valence-electron chi connectivity index (χ3n) is 3.43. The highest BCUT2D eigenvalue weighted by Crippen LogP contribution is 2.27. The molecule has 2 aromatic carbocycles. The zero-order valence-electron chi connectivity index (χ0n) is 12.9. The molecule has 124 valence electrons. The number of hydrogen-bond donors (Lipinski definition) is 0.